The van der Waals surface area contributed by atoms with Gasteiger partial charge >= 0.3 is 0 Å². The molecular formula is C18H28ClN. The monoisotopic (exact) mass is 293 g/mol. The molecule has 0 amide bonds. The second-order valence-electron chi connectivity index (χ2n) is 6.62. The van der Waals surface area contributed by atoms with Crippen LogP contribution < -0.4 is 5.32 Å². The minimum atomic E-state index is 0.451. The van der Waals surface area contributed by atoms with Crippen molar-refractivity contribution in [1.29, 1.82) is 0 Å². The van der Waals surface area contributed by atoms with E-state index in [2.05, 4.69) is 45.1 Å². The average Bonchev–Trinajstić information content (AvgIpc) is 2.38. The number of aryl methyl sites for hydroxylation is 1. The fourth-order valence-corrected chi connectivity index (χ4v) is 3.91. The van der Waals surface area contributed by atoms with Crippen molar-refractivity contribution >= 4 is 11.6 Å². The third kappa shape index (κ3) is 3.77. The highest BCUT2D eigenvalue weighted by molar-refractivity contribution is 6.30. The van der Waals surface area contributed by atoms with E-state index in [0.29, 0.717) is 6.04 Å². The fraction of sp³-hybridized carbons (Fsp3) is 0.667. The van der Waals surface area contributed by atoms with Gasteiger partial charge in [0.15, 0.2) is 0 Å². The van der Waals surface area contributed by atoms with Crippen LogP contribution in [0, 0.1) is 24.7 Å². The average molecular weight is 294 g/mol. The van der Waals surface area contributed by atoms with Crippen LogP contribution in [0.4, 0.5) is 0 Å². The zero-order valence-electron chi connectivity index (χ0n) is 13.2. The summed E-state index contributed by atoms with van der Waals surface area (Å²) in [5.74, 6) is 2.43. The van der Waals surface area contributed by atoms with E-state index < -0.39 is 0 Å². The lowest BCUT2D eigenvalue weighted by Crippen LogP contribution is -2.33. The third-order valence-electron chi connectivity index (χ3n) is 4.96. The molecule has 4 unspecified atom stereocenters. The van der Waals surface area contributed by atoms with Crippen LogP contribution >= 0.6 is 11.6 Å². The van der Waals surface area contributed by atoms with E-state index in [9.17, 15) is 0 Å². The van der Waals surface area contributed by atoms with Crippen molar-refractivity contribution in [2.24, 2.45) is 17.8 Å². The maximum absolute atomic E-state index is 6.26. The zero-order valence-corrected chi connectivity index (χ0v) is 14.0. The molecule has 20 heavy (non-hydrogen) atoms. The van der Waals surface area contributed by atoms with E-state index in [1.807, 2.05) is 6.07 Å². The van der Waals surface area contributed by atoms with Gasteiger partial charge in [0.2, 0.25) is 0 Å². The molecule has 1 saturated carbocycles. The molecule has 1 fully saturated rings. The topological polar surface area (TPSA) is 12.0 Å². The van der Waals surface area contributed by atoms with Crippen LogP contribution in [-0.4, -0.2) is 6.54 Å². The van der Waals surface area contributed by atoms with Crippen molar-refractivity contribution < 1.29 is 0 Å². The number of halogens is 1. The molecule has 1 N–H and O–H groups in total. The molecule has 0 aliphatic heterocycles. The molecule has 1 nitrogen and oxygen atoms in total. The third-order valence-corrected chi connectivity index (χ3v) is 5.18. The lowest BCUT2D eigenvalue weighted by molar-refractivity contribution is 0.172. The van der Waals surface area contributed by atoms with Crippen molar-refractivity contribution in [1.82, 2.24) is 5.32 Å². The summed E-state index contributed by atoms with van der Waals surface area (Å²) in [4.78, 5) is 0. The molecule has 0 heterocycles. The summed E-state index contributed by atoms with van der Waals surface area (Å²) in [5, 5.41) is 4.56. The smallest absolute Gasteiger partial charge is 0.0411 e. The number of rotatable bonds is 4. The molecular weight excluding hydrogens is 266 g/mol. The molecule has 0 radical (unpaired) electrons. The predicted octanol–water partition coefficient (Wildman–Crippen LogP) is 5.37. The van der Waals surface area contributed by atoms with Crippen LogP contribution in [0.2, 0.25) is 5.02 Å². The molecule has 1 aromatic rings. The fourth-order valence-electron chi connectivity index (χ4n) is 3.61. The highest BCUT2D eigenvalue weighted by Crippen LogP contribution is 2.40. The van der Waals surface area contributed by atoms with E-state index in [-0.39, 0.29) is 0 Å². The van der Waals surface area contributed by atoms with Gasteiger partial charge in [0.1, 0.15) is 0 Å². The predicted molar refractivity (Wildman–Crippen MR) is 88.3 cm³/mol. The summed E-state index contributed by atoms with van der Waals surface area (Å²) < 4.78 is 0. The van der Waals surface area contributed by atoms with Crippen LogP contribution in [0.15, 0.2) is 18.2 Å². The van der Waals surface area contributed by atoms with Gasteiger partial charge in [-0.2, -0.15) is 0 Å². The highest BCUT2D eigenvalue weighted by atomic mass is 35.5. The molecule has 0 saturated heterocycles. The number of hydrogen-bond donors (Lipinski definition) is 1. The SMILES string of the molecule is CCNC(c1cc(C)cc(Cl)c1)C1CCC(C)C(C)C1. The minimum Gasteiger partial charge on any atom is -0.310 e. The summed E-state index contributed by atoms with van der Waals surface area (Å²) >= 11 is 6.26. The van der Waals surface area contributed by atoms with Crippen molar-refractivity contribution in [3.63, 3.8) is 0 Å². The molecule has 112 valence electrons. The van der Waals surface area contributed by atoms with Crippen LogP contribution in [0.25, 0.3) is 0 Å². The Kier molecular flexibility index (Phi) is 5.51. The Bertz CT molecular complexity index is 423. The largest absolute Gasteiger partial charge is 0.310 e. The van der Waals surface area contributed by atoms with Gasteiger partial charge in [0, 0.05) is 11.1 Å². The highest BCUT2D eigenvalue weighted by Gasteiger charge is 2.30. The van der Waals surface area contributed by atoms with Gasteiger partial charge in [0.25, 0.3) is 0 Å². The van der Waals surface area contributed by atoms with Crippen molar-refractivity contribution in [2.45, 2.75) is 53.0 Å². The van der Waals surface area contributed by atoms with Gasteiger partial charge in [-0.25, -0.2) is 0 Å². The van der Waals surface area contributed by atoms with Crippen LogP contribution in [0.1, 0.15) is 57.2 Å². The Hall–Kier alpha value is -0.530. The van der Waals surface area contributed by atoms with Gasteiger partial charge < -0.3 is 5.32 Å². The standard InChI is InChI=1S/C18H28ClN/c1-5-20-18(15-7-6-13(3)14(4)10-15)16-8-12(2)9-17(19)11-16/h8-9,11,13-15,18,20H,5-7,10H2,1-4H3. The first kappa shape index (κ1) is 15.9. The molecule has 0 aromatic heterocycles. The second-order valence-corrected chi connectivity index (χ2v) is 7.06. The van der Waals surface area contributed by atoms with Crippen LogP contribution in [0.3, 0.4) is 0 Å². The lowest BCUT2D eigenvalue weighted by atomic mass is 9.72. The minimum absolute atomic E-state index is 0.451. The molecule has 2 rings (SSSR count). The Morgan fingerprint density at radius 2 is 1.95 bits per heavy atom. The van der Waals surface area contributed by atoms with E-state index >= 15 is 0 Å². The molecule has 4 atom stereocenters. The quantitative estimate of drug-likeness (QED) is 0.787. The summed E-state index contributed by atoms with van der Waals surface area (Å²) in [7, 11) is 0. The summed E-state index contributed by atoms with van der Waals surface area (Å²) in [5.41, 5.74) is 2.62. The van der Waals surface area contributed by atoms with Gasteiger partial charge in [-0.3, -0.25) is 0 Å². The lowest BCUT2D eigenvalue weighted by Gasteiger charge is -2.37. The van der Waals surface area contributed by atoms with Gasteiger partial charge in [0.05, 0.1) is 0 Å². The van der Waals surface area contributed by atoms with E-state index in [4.69, 9.17) is 11.6 Å². The van der Waals surface area contributed by atoms with Crippen molar-refractivity contribution in [3.8, 4) is 0 Å². The Morgan fingerprint density at radius 1 is 1.20 bits per heavy atom. The van der Waals surface area contributed by atoms with Crippen molar-refractivity contribution in [3.05, 3.63) is 34.3 Å². The van der Waals surface area contributed by atoms with E-state index in [1.165, 1.54) is 30.4 Å². The number of nitrogens with one attached hydrogen (secondary N) is 1. The number of benzene rings is 1. The summed E-state index contributed by atoms with van der Waals surface area (Å²) in [6, 6.07) is 6.93. The molecule has 1 aromatic carbocycles. The molecule has 0 spiro atoms. The Balaban J connectivity index is 2.22. The first-order valence-corrected chi connectivity index (χ1v) is 8.39. The normalized spacial score (nSPS) is 28.4. The summed E-state index contributed by atoms with van der Waals surface area (Å²) in [6.45, 7) is 10.1. The first-order chi connectivity index (χ1) is 9.51. The van der Waals surface area contributed by atoms with Gasteiger partial charge in [-0.1, -0.05) is 44.9 Å². The Labute approximate surface area is 129 Å². The molecule has 1 aliphatic rings. The zero-order chi connectivity index (χ0) is 14.7. The maximum atomic E-state index is 6.26. The Morgan fingerprint density at radius 3 is 2.55 bits per heavy atom. The first-order valence-electron chi connectivity index (χ1n) is 8.01. The second kappa shape index (κ2) is 6.95. The van der Waals surface area contributed by atoms with E-state index in [1.54, 1.807) is 0 Å². The van der Waals surface area contributed by atoms with Gasteiger partial charge in [-0.05, 0) is 67.3 Å². The van der Waals surface area contributed by atoms with Crippen LogP contribution in [-0.2, 0) is 0 Å². The number of hydrogen-bond acceptors (Lipinski definition) is 1. The van der Waals surface area contributed by atoms with E-state index in [0.717, 1.165) is 29.3 Å². The molecule has 1 aliphatic carbocycles. The molecule has 0 bridgehead atoms. The maximum Gasteiger partial charge on any atom is 0.0411 e. The van der Waals surface area contributed by atoms with Gasteiger partial charge in [-0.15, -0.1) is 0 Å². The molecule has 2 heteroatoms. The van der Waals surface area contributed by atoms with Crippen LogP contribution in [0.5, 0.6) is 0 Å². The van der Waals surface area contributed by atoms with Crippen molar-refractivity contribution in [2.75, 3.05) is 6.54 Å². The summed E-state index contributed by atoms with van der Waals surface area (Å²) in [6.07, 6.45) is 4.01.